The maximum Gasteiger partial charge on any atom is 0.115 e. The van der Waals surface area contributed by atoms with Crippen molar-refractivity contribution in [1.82, 2.24) is 5.32 Å². The van der Waals surface area contributed by atoms with E-state index in [1.54, 1.807) is 19.2 Å². The zero-order chi connectivity index (χ0) is 13.4. The van der Waals surface area contributed by atoms with Crippen LogP contribution in [0.15, 0.2) is 24.3 Å². The van der Waals surface area contributed by atoms with Gasteiger partial charge in [-0.05, 0) is 37.5 Å². The summed E-state index contributed by atoms with van der Waals surface area (Å²) in [6.45, 7) is 3.15. The number of aryl methyl sites for hydroxylation is 1. The van der Waals surface area contributed by atoms with E-state index in [-0.39, 0.29) is 5.75 Å². The molecule has 1 atom stereocenters. The van der Waals surface area contributed by atoms with Gasteiger partial charge < -0.3 is 9.84 Å². The van der Waals surface area contributed by atoms with Crippen molar-refractivity contribution in [2.24, 2.45) is 0 Å². The molecule has 1 aromatic carbocycles. The molecule has 0 saturated heterocycles. The van der Waals surface area contributed by atoms with E-state index in [0.29, 0.717) is 13.2 Å². The van der Waals surface area contributed by atoms with E-state index in [2.05, 4.69) is 11.4 Å². The third-order valence-corrected chi connectivity index (χ3v) is 2.92. The van der Waals surface area contributed by atoms with Gasteiger partial charge >= 0.3 is 0 Å². The van der Waals surface area contributed by atoms with Crippen LogP contribution < -0.4 is 5.32 Å². The van der Waals surface area contributed by atoms with E-state index in [4.69, 9.17) is 4.74 Å². The summed E-state index contributed by atoms with van der Waals surface area (Å²) in [5, 5.41) is 21.6. The molecule has 0 bridgehead atoms. The smallest absolute Gasteiger partial charge is 0.115 e. The Kier molecular flexibility index (Phi) is 5.63. The highest BCUT2D eigenvalue weighted by atomic mass is 16.5. The van der Waals surface area contributed by atoms with Gasteiger partial charge in [0.05, 0.1) is 12.7 Å². The van der Waals surface area contributed by atoms with Crippen LogP contribution in [0.3, 0.4) is 0 Å². The van der Waals surface area contributed by atoms with Crippen LogP contribution in [-0.4, -0.2) is 30.9 Å². The Hall–Kier alpha value is -1.57. The molecule has 0 aliphatic carbocycles. The van der Waals surface area contributed by atoms with Crippen LogP contribution in [0.5, 0.6) is 5.75 Å². The molecule has 98 valence electrons. The van der Waals surface area contributed by atoms with E-state index in [9.17, 15) is 10.4 Å². The first-order chi connectivity index (χ1) is 8.59. The SMILES string of the molecule is COCCNC(C)(C#N)CCc1ccc(O)cc1. The Bertz CT molecular complexity index is 397. The fourth-order valence-electron chi connectivity index (χ4n) is 1.67. The minimum atomic E-state index is -0.545. The normalized spacial score (nSPS) is 13.8. The van der Waals surface area contributed by atoms with E-state index in [1.165, 1.54) is 0 Å². The van der Waals surface area contributed by atoms with Gasteiger partial charge in [-0.15, -0.1) is 0 Å². The number of aromatic hydroxyl groups is 1. The molecule has 0 aliphatic heterocycles. The number of hydrogen-bond acceptors (Lipinski definition) is 4. The molecule has 0 aromatic heterocycles. The van der Waals surface area contributed by atoms with Crippen LogP contribution in [-0.2, 0) is 11.2 Å². The Morgan fingerprint density at radius 3 is 2.61 bits per heavy atom. The van der Waals surface area contributed by atoms with Crippen LogP contribution >= 0.6 is 0 Å². The van der Waals surface area contributed by atoms with Gasteiger partial charge in [0.25, 0.3) is 0 Å². The summed E-state index contributed by atoms with van der Waals surface area (Å²) in [5.41, 5.74) is 0.568. The Morgan fingerprint density at radius 1 is 1.39 bits per heavy atom. The zero-order valence-corrected chi connectivity index (χ0v) is 10.9. The molecule has 18 heavy (non-hydrogen) atoms. The molecular formula is C14H20N2O2. The number of nitrogens with one attached hydrogen (secondary N) is 1. The Labute approximate surface area is 108 Å². The number of hydrogen-bond donors (Lipinski definition) is 2. The second-order valence-corrected chi connectivity index (χ2v) is 4.53. The van der Waals surface area contributed by atoms with Gasteiger partial charge in [0.1, 0.15) is 11.3 Å². The van der Waals surface area contributed by atoms with Gasteiger partial charge in [-0.3, -0.25) is 5.32 Å². The monoisotopic (exact) mass is 248 g/mol. The lowest BCUT2D eigenvalue weighted by molar-refractivity contribution is 0.191. The van der Waals surface area contributed by atoms with E-state index >= 15 is 0 Å². The van der Waals surface area contributed by atoms with Crippen LogP contribution in [0, 0.1) is 11.3 Å². The summed E-state index contributed by atoms with van der Waals surface area (Å²) in [6.07, 6.45) is 1.52. The predicted molar refractivity (Wildman–Crippen MR) is 70.3 cm³/mol. The van der Waals surface area contributed by atoms with Crippen molar-refractivity contribution >= 4 is 0 Å². The topological polar surface area (TPSA) is 65.3 Å². The number of phenols is 1. The highest BCUT2D eigenvalue weighted by Gasteiger charge is 2.22. The van der Waals surface area contributed by atoms with Gasteiger partial charge in [0.15, 0.2) is 0 Å². The molecule has 1 aromatic rings. The lowest BCUT2D eigenvalue weighted by Gasteiger charge is -2.23. The number of benzene rings is 1. The van der Waals surface area contributed by atoms with Gasteiger partial charge in [-0.1, -0.05) is 12.1 Å². The molecule has 0 amide bonds. The lowest BCUT2D eigenvalue weighted by Crippen LogP contribution is -2.43. The number of nitriles is 1. The van der Waals surface area contributed by atoms with Crippen LogP contribution in [0.4, 0.5) is 0 Å². The van der Waals surface area contributed by atoms with Crippen molar-refractivity contribution in [3.8, 4) is 11.8 Å². The standard InChI is InChI=1S/C14H20N2O2/c1-14(11-15,16-9-10-18-2)8-7-12-3-5-13(17)6-4-12/h3-6,16-17H,7-10H2,1-2H3. The molecule has 0 aliphatic rings. The maximum atomic E-state index is 9.21. The quantitative estimate of drug-likeness (QED) is 0.723. The molecule has 1 rings (SSSR count). The first-order valence-electron chi connectivity index (χ1n) is 6.03. The average Bonchev–Trinajstić information content (AvgIpc) is 2.38. The largest absolute Gasteiger partial charge is 0.508 e. The minimum Gasteiger partial charge on any atom is -0.508 e. The minimum absolute atomic E-state index is 0.264. The van der Waals surface area contributed by atoms with Gasteiger partial charge in [-0.2, -0.15) is 5.26 Å². The summed E-state index contributed by atoms with van der Waals surface area (Å²) in [7, 11) is 1.64. The van der Waals surface area contributed by atoms with Crippen molar-refractivity contribution in [3.05, 3.63) is 29.8 Å². The third kappa shape index (κ3) is 4.74. The summed E-state index contributed by atoms with van der Waals surface area (Å²) in [5.74, 6) is 0.264. The highest BCUT2D eigenvalue weighted by molar-refractivity contribution is 5.26. The first kappa shape index (κ1) is 14.5. The van der Waals surface area contributed by atoms with Gasteiger partial charge in [-0.25, -0.2) is 0 Å². The zero-order valence-electron chi connectivity index (χ0n) is 10.9. The van der Waals surface area contributed by atoms with Gasteiger partial charge in [0.2, 0.25) is 0 Å². The van der Waals surface area contributed by atoms with Crippen molar-refractivity contribution in [2.45, 2.75) is 25.3 Å². The molecule has 4 heteroatoms. The first-order valence-corrected chi connectivity index (χ1v) is 6.03. The Morgan fingerprint density at radius 2 is 2.06 bits per heavy atom. The van der Waals surface area contributed by atoms with Crippen LogP contribution in [0.2, 0.25) is 0 Å². The van der Waals surface area contributed by atoms with E-state index in [1.807, 2.05) is 19.1 Å². The Balaban J connectivity index is 2.48. The number of rotatable bonds is 7. The summed E-state index contributed by atoms with van der Waals surface area (Å²) >= 11 is 0. The maximum absolute atomic E-state index is 9.21. The molecule has 4 nitrogen and oxygen atoms in total. The van der Waals surface area contributed by atoms with Gasteiger partial charge in [0, 0.05) is 13.7 Å². The van der Waals surface area contributed by atoms with Crippen molar-refractivity contribution in [1.29, 1.82) is 5.26 Å². The fourth-order valence-corrected chi connectivity index (χ4v) is 1.67. The average molecular weight is 248 g/mol. The number of ether oxygens (including phenoxy) is 1. The van der Waals surface area contributed by atoms with E-state index in [0.717, 1.165) is 18.4 Å². The second-order valence-electron chi connectivity index (χ2n) is 4.53. The molecule has 1 unspecified atom stereocenters. The molecule has 0 radical (unpaired) electrons. The molecule has 0 fully saturated rings. The fraction of sp³-hybridized carbons (Fsp3) is 0.500. The summed E-state index contributed by atoms with van der Waals surface area (Å²) in [6, 6.07) is 9.39. The molecule has 0 saturated carbocycles. The second kappa shape index (κ2) is 7.00. The molecular weight excluding hydrogens is 228 g/mol. The highest BCUT2D eigenvalue weighted by Crippen LogP contribution is 2.16. The third-order valence-electron chi connectivity index (χ3n) is 2.92. The molecule has 0 spiro atoms. The number of phenolic OH excluding ortho intramolecular Hbond substituents is 1. The van der Waals surface area contributed by atoms with Crippen molar-refractivity contribution in [3.63, 3.8) is 0 Å². The molecule has 2 N–H and O–H groups in total. The summed E-state index contributed by atoms with van der Waals surface area (Å²) in [4.78, 5) is 0. The van der Waals surface area contributed by atoms with Crippen LogP contribution in [0.25, 0.3) is 0 Å². The van der Waals surface area contributed by atoms with Crippen molar-refractivity contribution < 1.29 is 9.84 Å². The van der Waals surface area contributed by atoms with Crippen LogP contribution in [0.1, 0.15) is 18.9 Å². The lowest BCUT2D eigenvalue weighted by atomic mass is 9.94. The number of methoxy groups -OCH3 is 1. The van der Waals surface area contributed by atoms with E-state index < -0.39 is 5.54 Å². The predicted octanol–water partition coefficient (Wildman–Crippen LogP) is 1.84. The van der Waals surface area contributed by atoms with Crippen molar-refractivity contribution in [2.75, 3.05) is 20.3 Å². The number of nitrogens with zero attached hydrogens (tertiary/aromatic N) is 1. The molecule has 0 heterocycles. The summed E-state index contributed by atoms with van der Waals surface area (Å²) < 4.78 is 4.96.